The molecular formula is C66H108O6. The molecule has 1 atom stereocenters. The molecule has 0 aromatic heterocycles. The van der Waals surface area contributed by atoms with Gasteiger partial charge in [0.25, 0.3) is 0 Å². The first kappa shape index (κ1) is 67.8. The molecule has 6 heteroatoms. The minimum Gasteiger partial charge on any atom is -0.462 e. The summed E-state index contributed by atoms with van der Waals surface area (Å²) in [6.07, 6.45) is 81.9. The molecule has 0 saturated carbocycles. The van der Waals surface area contributed by atoms with Gasteiger partial charge in [0.2, 0.25) is 0 Å². The molecule has 0 rings (SSSR count). The maximum Gasteiger partial charge on any atom is 0.306 e. The lowest BCUT2D eigenvalue weighted by molar-refractivity contribution is -0.167. The van der Waals surface area contributed by atoms with Crippen LogP contribution in [0.4, 0.5) is 0 Å². The molecule has 0 fully saturated rings. The van der Waals surface area contributed by atoms with E-state index in [4.69, 9.17) is 14.2 Å². The third-order valence-corrected chi connectivity index (χ3v) is 12.2. The van der Waals surface area contributed by atoms with Crippen LogP contribution in [-0.4, -0.2) is 37.2 Å². The van der Waals surface area contributed by atoms with Gasteiger partial charge in [-0.25, -0.2) is 0 Å². The van der Waals surface area contributed by atoms with Crippen molar-refractivity contribution in [1.29, 1.82) is 0 Å². The van der Waals surface area contributed by atoms with Gasteiger partial charge < -0.3 is 14.2 Å². The van der Waals surface area contributed by atoms with Gasteiger partial charge in [-0.15, -0.1) is 0 Å². The van der Waals surface area contributed by atoms with Crippen LogP contribution in [-0.2, 0) is 28.6 Å². The van der Waals surface area contributed by atoms with Crippen LogP contribution < -0.4 is 0 Å². The molecule has 72 heavy (non-hydrogen) atoms. The Morgan fingerprint density at radius 1 is 0.292 bits per heavy atom. The van der Waals surface area contributed by atoms with E-state index in [1.807, 2.05) is 0 Å². The van der Waals surface area contributed by atoms with Gasteiger partial charge in [0.15, 0.2) is 6.10 Å². The van der Waals surface area contributed by atoms with E-state index in [1.165, 1.54) is 64.2 Å². The highest BCUT2D eigenvalue weighted by atomic mass is 16.6. The van der Waals surface area contributed by atoms with Crippen molar-refractivity contribution in [2.45, 2.75) is 264 Å². The van der Waals surface area contributed by atoms with E-state index in [9.17, 15) is 14.4 Å². The summed E-state index contributed by atoms with van der Waals surface area (Å²) in [5.74, 6) is -0.931. The number of allylic oxidation sites excluding steroid dienone is 20. The fraction of sp³-hybridized carbons (Fsp3) is 0.652. The first-order valence-electron chi connectivity index (χ1n) is 29.5. The second-order valence-corrected chi connectivity index (χ2v) is 19.1. The summed E-state index contributed by atoms with van der Waals surface area (Å²) in [6.45, 7) is 6.36. The van der Waals surface area contributed by atoms with Crippen LogP contribution in [0.5, 0.6) is 0 Å². The highest BCUT2D eigenvalue weighted by molar-refractivity contribution is 5.71. The number of carbonyl (C=O) groups is 3. The van der Waals surface area contributed by atoms with Gasteiger partial charge in [-0.2, -0.15) is 0 Å². The summed E-state index contributed by atoms with van der Waals surface area (Å²) in [7, 11) is 0. The fourth-order valence-corrected chi connectivity index (χ4v) is 7.81. The van der Waals surface area contributed by atoms with Crippen LogP contribution in [0.1, 0.15) is 258 Å². The van der Waals surface area contributed by atoms with Crippen LogP contribution in [0.25, 0.3) is 0 Å². The number of unbranched alkanes of at least 4 members (excludes halogenated alkanes) is 21. The maximum atomic E-state index is 12.9. The first-order chi connectivity index (χ1) is 35.5. The van der Waals surface area contributed by atoms with Gasteiger partial charge >= 0.3 is 17.9 Å². The highest BCUT2D eigenvalue weighted by Crippen LogP contribution is 2.14. The van der Waals surface area contributed by atoms with Crippen molar-refractivity contribution in [3.63, 3.8) is 0 Å². The Balaban J connectivity index is 4.42. The molecule has 0 radical (unpaired) electrons. The second kappa shape index (κ2) is 59.4. The van der Waals surface area contributed by atoms with E-state index in [2.05, 4.69) is 142 Å². The summed E-state index contributed by atoms with van der Waals surface area (Å²) in [5.41, 5.74) is 0. The van der Waals surface area contributed by atoms with Crippen molar-refractivity contribution in [2.75, 3.05) is 13.2 Å². The topological polar surface area (TPSA) is 78.9 Å². The zero-order chi connectivity index (χ0) is 52.2. The molecule has 6 nitrogen and oxygen atoms in total. The summed E-state index contributed by atoms with van der Waals surface area (Å²) in [5, 5.41) is 0. The van der Waals surface area contributed by atoms with Gasteiger partial charge in [-0.1, -0.05) is 232 Å². The predicted octanol–water partition coefficient (Wildman–Crippen LogP) is 20.0. The monoisotopic (exact) mass is 997 g/mol. The lowest BCUT2D eigenvalue weighted by Gasteiger charge is -2.18. The number of hydrogen-bond acceptors (Lipinski definition) is 6. The Hall–Kier alpha value is -4.19. The van der Waals surface area contributed by atoms with Gasteiger partial charge in [-0.05, 0) is 128 Å². The Morgan fingerprint density at radius 2 is 0.542 bits per heavy atom. The Bertz CT molecular complexity index is 1520. The number of carbonyl (C=O) groups excluding carboxylic acids is 3. The van der Waals surface area contributed by atoms with Crippen LogP contribution >= 0.6 is 0 Å². The predicted molar refractivity (Wildman–Crippen MR) is 311 cm³/mol. The zero-order valence-electron chi connectivity index (χ0n) is 46.7. The summed E-state index contributed by atoms with van der Waals surface area (Å²) >= 11 is 0. The average molecular weight is 998 g/mol. The normalized spacial score (nSPS) is 13.0. The summed E-state index contributed by atoms with van der Waals surface area (Å²) in [4.78, 5) is 38.2. The Morgan fingerprint density at radius 3 is 0.861 bits per heavy atom. The Labute approximate surface area is 443 Å². The highest BCUT2D eigenvalue weighted by Gasteiger charge is 2.19. The van der Waals surface area contributed by atoms with Crippen LogP contribution in [0, 0.1) is 0 Å². The standard InChI is InChI=1S/C66H108O6/c1-4-7-10-13-16-19-22-25-27-29-31-33-35-37-39-41-44-47-50-53-56-59-65(68)71-62-63(61-70-64(67)58-55-52-49-46-43-24-21-18-15-12-9-6-3)72-66(69)60-57-54-51-48-45-42-40-38-36-34-32-30-28-26-23-20-17-14-11-8-5-2/h7-8,10-11,16-21,25-28,31-34,37,39,63H,4-6,9,12-15,22-24,29-30,35-36,38,40-62H2,1-3H3/b10-7-,11-8-,19-16-,20-17-,21-18-,27-25-,28-26-,33-31-,34-32-,39-37-. The van der Waals surface area contributed by atoms with Crippen LogP contribution in [0.15, 0.2) is 122 Å². The molecule has 0 aliphatic rings. The molecule has 0 aliphatic carbocycles. The molecule has 0 amide bonds. The molecule has 0 spiro atoms. The van der Waals surface area contributed by atoms with E-state index in [-0.39, 0.29) is 31.1 Å². The molecule has 0 aromatic rings. The molecule has 0 N–H and O–H groups in total. The van der Waals surface area contributed by atoms with E-state index in [1.54, 1.807) is 0 Å². The van der Waals surface area contributed by atoms with Crippen molar-refractivity contribution >= 4 is 17.9 Å². The summed E-state index contributed by atoms with van der Waals surface area (Å²) < 4.78 is 16.9. The van der Waals surface area contributed by atoms with Gasteiger partial charge in [0.1, 0.15) is 13.2 Å². The van der Waals surface area contributed by atoms with E-state index in [0.29, 0.717) is 19.3 Å². The average Bonchev–Trinajstić information content (AvgIpc) is 3.38. The van der Waals surface area contributed by atoms with E-state index < -0.39 is 6.10 Å². The number of ether oxygens (including phenoxy) is 3. The third kappa shape index (κ3) is 56.7. The quantitative estimate of drug-likeness (QED) is 0.0261. The van der Waals surface area contributed by atoms with Crippen LogP contribution in [0.2, 0.25) is 0 Å². The van der Waals surface area contributed by atoms with Crippen molar-refractivity contribution in [3.05, 3.63) is 122 Å². The first-order valence-corrected chi connectivity index (χ1v) is 29.5. The lowest BCUT2D eigenvalue weighted by atomic mass is 10.1. The van der Waals surface area contributed by atoms with E-state index >= 15 is 0 Å². The molecule has 1 unspecified atom stereocenters. The maximum absolute atomic E-state index is 12.9. The second-order valence-electron chi connectivity index (χ2n) is 19.1. The van der Waals surface area contributed by atoms with Crippen molar-refractivity contribution in [3.8, 4) is 0 Å². The number of rotatable bonds is 52. The largest absolute Gasteiger partial charge is 0.462 e. The van der Waals surface area contributed by atoms with Gasteiger partial charge in [-0.3, -0.25) is 14.4 Å². The fourth-order valence-electron chi connectivity index (χ4n) is 7.81. The minimum atomic E-state index is -0.798. The van der Waals surface area contributed by atoms with Gasteiger partial charge in [0.05, 0.1) is 0 Å². The molecular weight excluding hydrogens is 889 g/mol. The molecule has 0 aromatic carbocycles. The summed E-state index contributed by atoms with van der Waals surface area (Å²) in [6, 6.07) is 0. The number of esters is 3. The third-order valence-electron chi connectivity index (χ3n) is 12.2. The lowest BCUT2D eigenvalue weighted by Crippen LogP contribution is -2.30. The molecule has 0 saturated heterocycles. The van der Waals surface area contributed by atoms with Crippen molar-refractivity contribution in [1.82, 2.24) is 0 Å². The van der Waals surface area contributed by atoms with Crippen molar-refractivity contribution < 1.29 is 28.6 Å². The van der Waals surface area contributed by atoms with Crippen LogP contribution in [0.3, 0.4) is 0 Å². The molecule has 0 heterocycles. The smallest absolute Gasteiger partial charge is 0.306 e. The molecule has 0 aliphatic heterocycles. The van der Waals surface area contributed by atoms with Gasteiger partial charge in [0, 0.05) is 19.3 Å². The van der Waals surface area contributed by atoms with Crippen molar-refractivity contribution in [2.24, 2.45) is 0 Å². The zero-order valence-corrected chi connectivity index (χ0v) is 46.7. The SMILES string of the molecule is CC/C=C\C/C=C\C/C=C\C/C=C\C/C=C\CCCCCCCC(=O)OCC(COC(=O)CCCCCCC/C=C\CCCCC)OC(=O)CCCCCCCCCC/C=C\C/C=C\C/C=C\C/C=C\CC. The minimum absolute atomic E-state index is 0.0946. The Kier molecular flexibility index (Phi) is 55.9. The molecule has 0 bridgehead atoms. The van der Waals surface area contributed by atoms with E-state index in [0.717, 1.165) is 154 Å². The molecule has 408 valence electrons. The number of hydrogen-bond donors (Lipinski definition) is 0.